The quantitative estimate of drug-likeness (QED) is 0.469. The molecule has 0 aromatic rings. The molecule has 1 radical (unpaired) electrons. The van der Waals surface area contributed by atoms with Crippen molar-refractivity contribution in [3.63, 3.8) is 0 Å². The lowest BCUT2D eigenvalue weighted by Gasteiger charge is -1.97. The Morgan fingerprint density at radius 2 is 2.75 bits per heavy atom. The van der Waals surface area contributed by atoms with Gasteiger partial charge in [-0.15, -0.1) is 0 Å². The molecule has 2 rings (SSSR count). The van der Waals surface area contributed by atoms with E-state index in [-0.39, 0.29) is 0 Å². The van der Waals surface area contributed by atoms with Crippen LogP contribution in [0.3, 0.4) is 0 Å². The highest BCUT2D eigenvalue weighted by Gasteiger charge is 2.16. The van der Waals surface area contributed by atoms with Gasteiger partial charge in [0.25, 0.3) is 0 Å². The Kier molecular flexibility index (Phi) is 0.592. The van der Waals surface area contributed by atoms with Crippen molar-refractivity contribution in [2.75, 3.05) is 0 Å². The average Bonchev–Trinajstić information content (AvgIpc) is 2.15. The van der Waals surface area contributed by atoms with E-state index in [1.807, 2.05) is 6.08 Å². The van der Waals surface area contributed by atoms with Crippen molar-refractivity contribution in [1.82, 2.24) is 5.32 Å². The standard InChI is InChI=1S/C6H5N2/c1-3-7-6-2-4-8-5(1)6/h1,3-5,8H. The third-order valence-corrected chi connectivity index (χ3v) is 1.27. The largest absolute Gasteiger partial charge is 0.379 e. The minimum atomic E-state index is 0.329. The predicted molar refractivity (Wildman–Crippen MR) is 31.3 cm³/mol. The highest BCUT2D eigenvalue weighted by Crippen LogP contribution is 2.06. The molecule has 2 aliphatic heterocycles. The Morgan fingerprint density at radius 1 is 1.75 bits per heavy atom. The normalized spacial score (nSPS) is 30.0. The highest BCUT2D eigenvalue weighted by molar-refractivity contribution is 6.01. The van der Waals surface area contributed by atoms with Gasteiger partial charge in [-0.25, -0.2) is 0 Å². The predicted octanol–water partition coefficient (Wildman–Crippen LogP) is 0.243. The van der Waals surface area contributed by atoms with Crippen molar-refractivity contribution < 1.29 is 0 Å². The van der Waals surface area contributed by atoms with Gasteiger partial charge in [-0.3, -0.25) is 4.99 Å². The Balaban J connectivity index is 2.39. The van der Waals surface area contributed by atoms with E-state index in [2.05, 4.69) is 16.4 Å². The Morgan fingerprint density at radius 3 is 3.62 bits per heavy atom. The molecule has 0 amide bonds. The first-order chi connectivity index (χ1) is 3.97. The van der Waals surface area contributed by atoms with Crippen LogP contribution in [0.4, 0.5) is 0 Å². The van der Waals surface area contributed by atoms with E-state index in [1.54, 1.807) is 12.4 Å². The summed E-state index contributed by atoms with van der Waals surface area (Å²) in [6, 6.07) is 0.329. The highest BCUT2D eigenvalue weighted by atomic mass is 15.0. The number of nitrogens with one attached hydrogen (secondary N) is 1. The van der Waals surface area contributed by atoms with Crippen molar-refractivity contribution >= 4 is 5.71 Å². The number of aliphatic imine (C=N–C) groups is 1. The van der Waals surface area contributed by atoms with Crippen LogP contribution < -0.4 is 5.32 Å². The second-order valence-corrected chi connectivity index (χ2v) is 1.79. The molecule has 0 aliphatic carbocycles. The molecule has 2 aliphatic rings. The third kappa shape index (κ3) is 0.346. The molecule has 0 bridgehead atoms. The lowest BCUT2D eigenvalue weighted by atomic mass is 10.2. The Bertz CT molecular complexity index is 189. The lowest BCUT2D eigenvalue weighted by Crippen LogP contribution is -2.21. The van der Waals surface area contributed by atoms with Gasteiger partial charge in [-0.1, -0.05) is 0 Å². The van der Waals surface area contributed by atoms with Crippen LogP contribution in [0.2, 0.25) is 0 Å². The topological polar surface area (TPSA) is 24.4 Å². The molecule has 1 atom stereocenters. The van der Waals surface area contributed by atoms with E-state index < -0.39 is 0 Å². The van der Waals surface area contributed by atoms with Crippen LogP contribution >= 0.6 is 0 Å². The maximum Gasteiger partial charge on any atom is 0.0890 e. The Labute approximate surface area is 47.6 Å². The van der Waals surface area contributed by atoms with Gasteiger partial charge in [0.2, 0.25) is 0 Å². The maximum atomic E-state index is 4.03. The lowest BCUT2D eigenvalue weighted by molar-refractivity contribution is 0.918. The van der Waals surface area contributed by atoms with Crippen LogP contribution in [0.25, 0.3) is 0 Å². The molecule has 8 heavy (non-hydrogen) atoms. The van der Waals surface area contributed by atoms with Crippen LogP contribution in [0, 0.1) is 6.08 Å². The summed E-state index contributed by atoms with van der Waals surface area (Å²) in [5, 5.41) is 3.06. The summed E-state index contributed by atoms with van der Waals surface area (Å²) in [7, 11) is 0. The minimum absolute atomic E-state index is 0.329. The Hall–Kier alpha value is -1.05. The van der Waals surface area contributed by atoms with Crippen LogP contribution in [0.5, 0.6) is 0 Å². The van der Waals surface area contributed by atoms with Gasteiger partial charge in [0.05, 0.1) is 11.8 Å². The van der Waals surface area contributed by atoms with Gasteiger partial charge in [-0.2, -0.15) is 0 Å². The fraction of sp³-hybridized carbons (Fsp3) is 0.167. The molecule has 0 aromatic carbocycles. The molecule has 0 saturated heterocycles. The number of hydrogen-bond donors (Lipinski definition) is 1. The van der Waals surface area contributed by atoms with E-state index in [1.165, 1.54) is 0 Å². The first kappa shape index (κ1) is 3.89. The van der Waals surface area contributed by atoms with Crippen molar-refractivity contribution in [3.8, 4) is 0 Å². The molecule has 2 nitrogen and oxygen atoms in total. The zero-order chi connectivity index (χ0) is 5.40. The van der Waals surface area contributed by atoms with Gasteiger partial charge in [0.1, 0.15) is 0 Å². The van der Waals surface area contributed by atoms with Gasteiger partial charge in [0.15, 0.2) is 0 Å². The smallest absolute Gasteiger partial charge is 0.0890 e. The number of rotatable bonds is 0. The van der Waals surface area contributed by atoms with Crippen LogP contribution in [-0.2, 0) is 0 Å². The molecule has 0 fully saturated rings. The van der Waals surface area contributed by atoms with Crippen molar-refractivity contribution in [2.45, 2.75) is 6.04 Å². The molecule has 2 heterocycles. The monoisotopic (exact) mass is 105 g/mol. The van der Waals surface area contributed by atoms with Gasteiger partial charge in [0, 0.05) is 18.5 Å². The molecule has 1 unspecified atom stereocenters. The van der Waals surface area contributed by atoms with Gasteiger partial charge >= 0.3 is 0 Å². The van der Waals surface area contributed by atoms with E-state index in [9.17, 15) is 0 Å². The summed E-state index contributed by atoms with van der Waals surface area (Å²) < 4.78 is 0. The SMILES string of the molecule is [C]1=CNC2C=CN=C12. The maximum absolute atomic E-state index is 4.03. The zero-order valence-corrected chi connectivity index (χ0v) is 4.26. The average molecular weight is 105 g/mol. The summed E-state index contributed by atoms with van der Waals surface area (Å²) in [4.78, 5) is 4.03. The zero-order valence-electron chi connectivity index (χ0n) is 4.26. The second kappa shape index (κ2) is 1.22. The summed E-state index contributed by atoms with van der Waals surface area (Å²) in [6.07, 6.45) is 8.57. The molecular weight excluding hydrogens is 100 g/mol. The summed E-state index contributed by atoms with van der Waals surface area (Å²) in [6.45, 7) is 0. The molecule has 0 aromatic heterocycles. The van der Waals surface area contributed by atoms with Crippen LogP contribution in [0.15, 0.2) is 23.5 Å². The molecule has 39 valence electrons. The van der Waals surface area contributed by atoms with Crippen LogP contribution in [-0.4, -0.2) is 11.8 Å². The number of nitrogens with zero attached hydrogens (tertiary/aromatic N) is 1. The first-order valence-corrected chi connectivity index (χ1v) is 2.55. The summed E-state index contributed by atoms with van der Waals surface area (Å²) >= 11 is 0. The molecule has 0 spiro atoms. The molecule has 2 heteroatoms. The fourth-order valence-electron chi connectivity index (χ4n) is 0.848. The number of fused-ring (bicyclic) bond motifs is 1. The van der Waals surface area contributed by atoms with Crippen molar-refractivity contribution in [3.05, 3.63) is 24.6 Å². The summed E-state index contributed by atoms with van der Waals surface area (Å²) in [5.74, 6) is 0. The second-order valence-electron chi connectivity index (χ2n) is 1.79. The number of hydrogen-bond acceptors (Lipinski definition) is 2. The van der Waals surface area contributed by atoms with Gasteiger partial charge in [-0.05, 0) is 6.08 Å². The molecular formula is C6H5N2. The summed E-state index contributed by atoms with van der Waals surface area (Å²) in [5.41, 5.74) is 1.00. The van der Waals surface area contributed by atoms with Gasteiger partial charge < -0.3 is 5.32 Å². The van der Waals surface area contributed by atoms with Crippen molar-refractivity contribution in [1.29, 1.82) is 0 Å². The van der Waals surface area contributed by atoms with E-state index in [0.29, 0.717) is 6.04 Å². The molecule has 0 saturated carbocycles. The fourth-order valence-corrected chi connectivity index (χ4v) is 0.848. The van der Waals surface area contributed by atoms with Crippen LogP contribution in [0.1, 0.15) is 0 Å². The van der Waals surface area contributed by atoms with E-state index in [0.717, 1.165) is 5.71 Å². The third-order valence-electron chi connectivity index (χ3n) is 1.27. The first-order valence-electron chi connectivity index (χ1n) is 2.55. The van der Waals surface area contributed by atoms with Crippen molar-refractivity contribution in [2.24, 2.45) is 4.99 Å². The molecule has 1 N–H and O–H groups in total. The van der Waals surface area contributed by atoms with E-state index >= 15 is 0 Å². The van der Waals surface area contributed by atoms with E-state index in [4.69, 9.17) is 0 Å². The minimum Gasteiger partial charge on any atom is -0.379 e.